The Balaban J connectivity index is 1.31. The Morgan fingerprint density at radius 3 is 2.31 bits per heavy atom. The maximum atomic E-state index is 14.1. The molecule has 1 N–H and O–H groups in total. The van der Waals surface area contributed by atoms with E-state index in [9.17, 15) is 27.2 Å². The molecule has 2 fully saturated rings. The number of carbonyl (C=O) groups is 1. The van der Waals surface area contributed by atoms with Crippen LogP contribution in [0.2, 0.25) is 0 Å². The Kier molecular flexibility index (Phi) is 7.95. The number of fused-ring (bicyclic) bond motifs is 1. The van der Waals surface area contributed by atoms with Gasteiger partial charge in [0.05, 0.1) is 22.9 Å². The van der Waals surface area contributed by atoms with Crippen LogP contribution in [0.25, 0.3) is 11.0 Å². The lowest BCUT2D eigenvalue weighted by Crippen LogP contribution is -2.46. The second-order valence-corrected chi connectivity index (χ2v) is 13.6. The van der Waals surface area contributed by atoms with Gasteiger partial charge in [0.1, 0.15) is 11.5 Å². The Morgan fingerprint density at radius 1 is 1.03 bits per heavy atom. The van der Waals surface area contributed by atoms with E-state index in [0.717, 1.165) is 36.8 Å². The molecule has 5 rings (SSSR count). The minimum atomic E-state index is -3.30. The van der Waals surface area contributed by atoms with Gasteiger partial charge in [-0.1, -0.05) is 12.1 Å². The van der Waals surface area contributed by atoms with Crippen LogP contribution in [0.5, 0.6) is 0 Å². The molecular weight excluding hydrogens is 543 g/mol. The molecule has 1 saturated heterocycles. The molecule has 39 heavy (non-hydrogen) atoms. The number of hydrogen-bond acceptors (Lipinski definition) is 7. The van der Waals surface area contributed by atoms with Crippen molar-refractivity contribution < 1.29 is 17.6 Å². The van der Waals surface area contributed by atoms with Crippen molar-refractivity contribution >= 4 is 38.5 Å². The maximum absolute atomic E-state index is 14.1. The highest BCUT2D eigenvalue weighted by Gasteiger charge is 2.29. The molecule has 3 aromatic rings. The molecule has 2 aromatic heterocycles. The number of nitrogens with zero attached hydrogens (tertiary/aromatic N) is 3. The van der Waals surface area contributed by atoms with E-state index in [4.69, 9.17) is 0 Å². The van der Waals surface area contributed by atoms with Gasteiger partial charge in [-0.25, -0.2) is 22.6 Å². The van der Waals surface area contributed by atoms with E-state index in [1.165, 1.54) is 22.8 Å². The van der Waals surface area contributed by atoms with Gasteiger partial charge < -0.3 is 5.32 Å². The summed E-state index contributed by atoms with van der Waals surface area (Å²) >= 11 is 1.83. The normalized spacial score (nSPS) is 20.7. The monoisotopic (exact) mass is 574 g/mol. The molecule has 1 aromatic carbocycles. The van der Waals surface area contributed by atoms with Crippen LogP contribution in [0.15, 0.2) is 51.0 Å². The fourth-order valence-corrected chi connectivity index (χ4v) is 7.31. The molecule has 1 saturated carbocycles. The smallest absolute Gasteiger partial charge is 0.333 e. The van der Waals surface area contributed by atoms with E-state index in [0.29, 0.717) is 31.2 Å². The van der Waals surface area contributed by atoms with Crippen molar-refractivity contribution in [2.45, 2.75) is 68.0 Å². The fourth-order valence-electron chi connectivity index (χ4n) is 5.60. The molecular formula is C27H31FN4O5S2. The van der Waals surface area contributed by atoms with Crippen molar-refractivity contribution in [3.8, 4) is 0 Å². The molecule has 0 spiro atoms. The van der Waals surface area contributed by atoms with E-state index >= 15 is 0 Å². The van der Waals surface area contributed by atoms with E-state index < -0.39 is 26.9 Å². The number of aromatic nitrogens is 3. The lowest BCUT2D eigenvalue weighted by molar-refractivity contribution is -0.121. The predicted molar refractivity (Wildman–Crippen MR) is 149 cm³/mol. The zero-order valence-corrected chi connectivity index (χ0v) is 23.3. The Hall–Kier alpha value is -2.99. The Labute approximate surface area is 229 Å². The molecule has 1 amide bonds. The van der Waals surface area contributed by atoms with Crippen molar-refractivity contribution in [3.05, 3.63) is 68.7 Å². The largest absolute Gasteiger partial charge is 0.353 e. The van der Waals surface area contributed by atoms with E-state index in [1.807, 2.05) is 11.8 Å². The van der Waals surface area contributed by atoms with Gasteiger partial charge in [0, 0.05) is 24.4 Å². The SMILES string of the molecule is CS(=O)(=O)c1ccc(CC(=O)N[C@H]2CC[C@@H](n3c(=O)c4cc(F)cnc4n(C4CCSCC4)c3=O)CC2)cc1. The average molecular weight is 575 g/mol. The third kappa shape index (κ3) is 5.96. The summed E-state index contributed by atoms with van der Waals surface area (Å²) < 4.78 is 40.3. The van der Waals surface area contributed by atoms with Crippen LogP contribution in [0.1, 0.15) is 56.2 Å². The lowest BCUT2D eigenvalue weighted by Gasteiger charge is -2.31. The fraction of sp³-hybridized carbons (Fsp3) is 0.481. The predicted octanol–water partition coefficient (Wildman–Crippen LogP) is 3.01. The molecule has 208 valence electrons. The van der Waals surface area contributed by atoms with Crippen LogP contribution < -0.4 is 16.6 Å². The third-order valence-corrected chi connectivity index (χ3v) is 9.80. The summed E-state index contributed by atoms with van der Waals surface area (Å²) in [5.74, 6) is 1.03. The summed E-state index contributed by atoms with van der Waals surface area (Å²) in [4.78, 5) is 44.1. The van der Waals surface area contributed by atoms with Gasteiger partial charge in [-0.2, -0.15) is 11.8 Å². The van der Waals surface area contributed by atoms with Gasteiger partial charge in [0.2, 0.25) is 5.91 Å². The number of rotatable bonds is 6. The molecule has 12 heteroatoms. The number of halogens is 1. The second-order valence-electron chi connectivity index (χ2n) is 10.4. The van der Waals surface area contributed by atoms with Crippen molar-refractivity contribution in [3.63, 3.8) is 0 Å². The first kappa shape index (κ1) is 27.6. The van der Waals surface area contributed by atoms with Crippen molar-refractivity contribution in [1.29, 1.82) is 0 Å². The number of pyridine rings is 1. The van der Waals surface area contributed by atoms with Crippen LogP contribution >= 0.6 is 11.8 Å². The van der Waals surface area contributed by atoms with Crippen LogP contribution in [0.4, 0.5) is 4.39 Å². The van der Waals surface area contributed by atoms with Crippen LogP contribution in [0, 0.1) is 5.82 Å². The quantitative estimate of drug-likeness (QED) is 0.481. The third-order valence-electron chi connectivity index (χ3n) is 7.62. The van der Waals surface area contributed by atoms with Crippen molar-refractivity contribution in [2.24, 2.45) is 0 Å². The zero-order chi connectivity index (χ0) is 27.7. The highest BCUT2D eigenvalue weighted by molar-refractivity contribution is 7.99. The van der Waals surface area contributed by atoms with E-state index in [2.05, 4.69) is 10.3 Å². The number of sulfone groups is 1. The van der Waals surface area contributed by atoms with Crippen molar-refractivity contribution in [2.75, 3.05) is 17.8 Å². The molecule has 9 nitrogen and oxygen atoms in total. The zero-order valence-electron chi connectivity index (χ0n) is 21.6. The minimum Gasteiger partial charge on any atom is -0.353 e. The minimum absolute atomic E-state index is 0.0896. The van der Waals surface area contributed by atoms with Crippen LogP contribution in [-0.2, 0) is 21.1 Å². The van der Waals surface area contributed by atoms with Gasteiger partial charge in [-0.3, -0.25) is 18.7 Å². The molecule has 3 heterocycles. The summed E-state index contributed by atoms with van der Waals surface area (Å²) in [6.07, 6.45) is 6.11. The molecule has 0 atom stereocenters. The molecule has 2 aliphatic rings. The molecule has 0 unspecified atom stereocenters. The van der Waals surface area contributed by atoms with Crippen LogP contribution in [0.3, 0.4) is 0 Å². The van der Waals surface area contributed by atoms with E-state index in [-0.39, 0.29) is 46.4 Å². The van der Waals surface area contributed by atoms with Gasteiger partial charge in [0.25, 0.3) is 5.56 Å². The number of nitrogens with one attached hydrogen (secondary N) is 1. The number of thioether (sulfide) groups is 1. The summed E-state index contributed by atoms with van der Waals surface area (Å²) in [5, 5.41) is 3.14. The van der Waals surface area contributed by atoms with Gasteiger partial charge in [-0.15, -0.1) is 0 Å². The number of amides is 1. The first-order valence-electron chi connectivity index (χ1n) is 13.1. The molecule has 1 aliphatic heterocycles. The van der Waals surface area contributed by atoms with Gasteiger partial charge in [-0.05, 0) is 73.8 Å². The standard InChI is InChI=1S/C27H31FN4O5S2/c1-39(36,37)22-8-2-17(3-9-22)14-24(33)30-19-4-6-20(7-5-19)32-26(34)23-15-18(28)16-29-25(23)31(27(32)35)21-10-12-38-13-11-21/h2-3,8-9,15-16,19-21H,4-7,10-14H2,1H3,(H,30,33)/t19-,20+. The molecule has 1 aliphatic carbocycles. The number of hydrogen-bond donors (Lipinski definition) is 1. The Morgan fingerprint density at radius 2 is 1.67 bits per heavy atom. The number of carbonyl (C=O) groups excluding carboxylic acids is 1. The van der Waals surface area contributed by atoms with Gasteiger partial charge >= 0.3 is 5.69 Å². The average Bonchev–Trinajstić information content (AvgIpc) is 2.90. The molecule has 0 radical (unpaired) electrons. The maximum Gasteiger partial charge on any atom is 0.333 e. The summed E-state index contributed by atoms with van der Waals surface area (Å²) in [5.41, 5.74) is 0.0332. The second kappa shape index (κ2) is 11.2. The van der Waals surface area contributed by atoms with E-state index in [1.54, 1.807) is 16.7 Å². The highest BCUT2D eigenvalue weighted by atomic mass is 32.2. The first-order chi connectivity index (χ1) is 18.6. The van der Waals surface area contributed by atoms with Gasteiger partial charge in [0.15, 0.2) is 9.84 Å². The number of benzene rings is 1. The van der Waals surface area contributed by atoms with Crippen LogP contribution in [-0.4, -0.2) is 52.2 Å². The molecule has 0 bridgehead atoms. The lowest BCUT2D eigenvalue weighted by atomic mass is 9.90. The summed E-state index contributed by atoms with van der Waals surface area (Å²) in [6.45, 7) is 0. The first-order valence-corrected chi connectivity index (χ1v) is 16.1. The summed E-state index contributed by atoms with van der Waals surface area (Å²) in [7, 11) is -3.30. The Bertz CT molecular complexity index is 1600. The summed E-state index contributed by atoms with van der Waals surface area (Å²) in [6, 6.07) is 6.88. The topological polar surface area (TPSA) is 120 Å². The highest BCUT2D eigenvalue weighted by Crippen LogP contribution is 2.30. The van der Waals surface area contributed by atoms with Crippen molar-refractivity contribution in [1.82, 2.24) is 19.4 Å².